The SMILES string of the molecule is CCC(C)(O)c1cc(F)c(F)cc1Nc1ncnc(Nc2cc([N+](=O)[O-])c(F)cc2OC)n1. The summed E-state index contributed by atoms with van der Waals surface area (Å²) in [6, 6.07) is 3.49. The molecule has 1 unspecified atom stereocenters. The fourth-order valence-electron chi connectivity index (χ4n) is 2.89. The molecule has 0 amide bonds. The number of nitrogens with zero attached hydrogens (tertiary/aromatic N) is 4. The third-order valence-electron chi connectivity index (χ3n) is 4.86. The van der Waals surface area contributed by atoms with E-state index in [0.717, 1.165) is 30.6 Å². The van der Waals surface area contributed by atoms with Crippen LogP contribution in [0, 0.1) is 27.6 Å². The van der Waals surface area contributed by atoms with Crippen LogP contribution in [0.1, 0.15) is 25.8 Å². The summed E-state index contributed by atoms with van der Waals surface area (Å²) in [4.78, 5) is 22.0. The minimum atomic E-state index is -1.48. The molecule has 0 fully saturated rings. The zero-order valence-electron chi connectivity index (χ0n) is 17.7. The predicted molar refractivity (Wildman–Crippen MR) is 112 cm³/mol. The van der Waals surface area contributed by atoms with Gasteiger partial charge in [-0.3, -0.25) is 10.1 Å². The molecule has 0 spiro atoms. The van der Waals surface area contributed by atoms with Crippen LogP contribution in [0.15, 0.2) is 30.6 Å². The number of hydrogen-bond donors (Lipinski definition) is 3. The normalized spacial score (nSPS) is 12.7. The van der Waals surface area contributed by atoms with Crippen LogP contribution in [0.5, 0.6) is 5.75 Å². The maximum atomic E-state index is 13.9. The summed E-state index contributed by atoms with van der Waals surface area (Å²) in [5.41, 5.74) is -2.17. The van der Waals surface area contributed by atoms with Crippen molar-refractivity contribution in [1.29, 1.82) is 0 Å². The monoisotopic (exact) mass is 464 g/mol. The third-order valence-corrected chi connectivity index (χ3v) is 4.86. The van der Waals surface area contributed by atoms with E-state index < -0.39 is 33.7 Å². The Morgan fingerprint density at radius 1 is 1.06 bits per heavy atom. The molecule has 0 saturated heterocycles. The summed E-state index contributed by atoms with van der Waals surface area (Å²) in [5.74, 6) is -3.64. The first-order valence-electron chi connectivity index (χ1n) is 9.52. The van der Waals surface area contributed by atoms with Crippen molar-refractivity contribution in [3.8, 4) is 5.75 Å². The third kappa shape index (κ3) is 5.09. The highest BCUT2D eigenvalue weighted by atomic mass is 19.2. The maximum absolute atomic E-state index is 13.9. The van der Waals surface area contributed by atoms with Crippen LogP contribution in [0.2, 0.25) is 0 Å². The molecule has 1 heterocycles. The van der Waals surface area contributed by atoms with E-state index in [2.05, 4.69) is 25.6 Å². The van der Waals surface area contributed by atoms with Crippen molar-refractivity contribution in [3.05, 3.63) is 63.7 Å². The first-order chi connectivity index (χ1) is 15.6. The molecular formula is C20H19F3N6O4. The lowest BCUT2D eigenvalue weighted by Crippen LogP contribution is -2.22. The molecule has 3 rings (SSSR count). The second-order valence-corrected chi connectivity index (χ2v) is 7.08. The number of nitro groups is 1. The van der Waals surface area contributed by atoms with E-state index in [1.54, 1.807) is 6.92 Å². The highest BCUT2D eigenvalue weighted by Gasteiger charge is 2.27. The van der Waals surface area contributed by atoms with Gasteiger partial charge in [0.1, 0.15) is 12.1 Å². The smallest absolute Gasteiger partial charge is 0.307 e. The van der Waals surface area contributed by atoms with Gasteiger partial charge in [0.25, 0.3) is 0 Å². The van der Waals surface area contributed by atoms with Crippen LogP contribution in [0.4, 0.5) is 42.1 Å². The molecule has 3 N–H and O–H groups in total. The number of nitro benzene ring substituents is 1. The Morgan fingerprint density at radius 2 is 1.67 bits per heavy atom. The molecule has 1 aromatic heterocycles. The van der Waals surface area contributed by atoms with Crippen molar-refractivity contribution >= 4 is 29.0 Å². The van der Waals surface area contributed by atoms with Crippen LogP contribution in [0.25, 0.3) is 0 Å². The van der Waals surface area contributed by atoms with E-state index in [1.165, 1.54) is 14.0 Å². The maximum Gasteiger partial charge on any atom is 0.307 e. The van der Waals surface area contributed by atoms with Gasteiger partial charge < -0.3 is 20.5 Å². The number of benzene rings is 2. The summed E-state index contributed by atoms with van der Waals surface area (Å²) in [5, 5.41) is 27.0. The van der Waals surface area contributed by atoms with Gasteiger partial charge in [-0.2, -0.15) is 9.37 Å². The van der Waals surface area contributed by atoms with Gasteiger partial charge in [0.2, 0.25) is 17.7 Å². The van der Waals surface area contributed by atoms with Gasteiger partial charge in [-0.05, 0) is 19.4 Å². The number of aromatic nitrogens is 3. The average Bonchev–Trinajstić information content (AvgIpc) is 2.77. The molecule has 0 aliphatic carbocycles. The van der Waals surface area contributed by atoms with E-state index >= 15 is 0 Å². The lowest BCUT2D eigenvalue weighted by molar-refractivity contribution is -0.387. The van der Waals surface area contributed by atoms with Crippen molar-refractivity contribution in [1.82, 2.24) is 15.0 Å². The van der Waals surface area contributed by atoms with E-state index in [0.29, 0.717) is 0 Å². The zero-order valence-corrected chi connectivity index (χ0v) is 17.7. The summed E-state index contributed by atoms with van der Waals surface area (Å²) >= 11 is 0. The lowest BCUT2D eigenvalue weighted by atomic mass is 9.91. The molecule has 0 aliphatic heterocycles. The molecule has 13 heteroatoms. The first kappa shape index (κ1) is 23.7. The second-order valence-electron chi connectivity index (χ2n) is 7.08. The van der Waals surface area contributed by atoms with Crippen molar-refractivity contribution in [2.75, 3.05) is 17.7 Å². The van der Waals surface area contributed by atoms with Crippen LogP contribution in [-0.2, 0) is 5.60 Å². The molecule has 1 atom stereocenters. The molecule has 2 aromatic carbocycles. The number of rotatable bonds is 8. The van der Waals surface area contributed by atoms with Gasteiger partial charge in [0.05, 0.1) is 29.0 Å². The van der Waals surface area contributed by atoms with E-state index in [9.17, 15) is 28.4 Å². The van der Waals surface area contributed by atoms with Gasteiger partial charge in [0, 0.05) is 23.8 Å². The van der Waals surface area contributed by atoms with Gasteiger partial charge >= 0.3 is 5.69 Å². The van der Waals surface area contributed by atoms with Crippen molar-refractivity contribution in [2.24, 2.45) is 0 Å². The molecule has 174 valence electrons. The predicted octanol–water partition coefficient (Wildman–Crippen LogP) is 4.31. The molecule has 0 saturated carbocycles. The number of hydrogen-bond acceptors (Lipinski definition) is 9. The highest BCUT2D eigenvalue weighted by molar-refractivity contribution is 5.67. The van der Waals surface area contributed by atoms with Crippen molar-refractivity contribution in [3.63, 3.8) is 0 Å². The number of halogens is 3. The molecule has 0 aliphatic rings. The average molecular weight is 464 g/mol. The van der Waals surface area contributed by atoms with Crippen molar-refractivity contribution in [2.45, 2.75) is 25.9 Å². The number of ether oxygens (including phenoxy) is 1. The Labute approximate surface area is 185 Å². The molecule has 10 nitrogen and oxygen atoms in total. The van der Waals surface area contributed by atoms with Crippen molar-refractivity contribution < 1.29 is 27.9 Å². The summed E-state index contributed by atoms with van der Waals surface area (Å²) in [6.45, 7) is 3.12. The van der Waals surface area contributed by atoms with Gasteiger partial charge in [-0.15, -0.1) is 0 Å². The Hall–Kier alpha value is -4.00. The second kappa shape index (κ2) is 9.24. The van der Waals surface area contributed by atoms with Gasteiger partial charge in [0.15, 0.2) is 11.6 Å². The quantitative estimate of drug-likeness (QED) is 0.329. The fraction of sp³-hybridized carbons (Fsp3) is 0.250. The standard InChI is InChI=1S/C20H19F3N6O4/c1-4-20(2,30)10-5-11(21)12(22)6-14(10)26-18-24-9-25-19(28-18)27-15-8-16(29(31)32)13(23)7-17(15)33-3/h5-9,30H,4H2,1-3H3,(H2,24,25,26,27,28). The van der Waals surface area contributed by atoms with E-state index in [1.807, 2.05) is 0 Å². The van der Waals surface area contributed by atoms with E-state index in [-0.39, 0.29) is 41.0 Å². The molecule has 0 radical (unpaired) electrons. The molecule has 33 heavy (non-hydrogen) atoms. The van der Waals surface area contributed by atoms with Crippen LogP contribution in [-0.4, -0.2) is 32.1 Å². The minimum Gasteiger partial charge on any atom is -0.494 e. The van der Waals surface area contributed by atoms with E-state index in [4.69, 9.17) is 4.74 Å². The van der Waals surface area contributed by atoms with Crippen LogP contribution >= 0.6 is 0 Å². The zero-order chi connectivity index (χ0) is 24.3. The molecule has 0 bridgehead atoms. The molecule has 3 aromatic rings. The van der Waals surface area contributed by atoms with Gasteiger partial charge in [-0.1, -0.05) is 6.92 Å². The summed E-state index contributed by atoms with van der Waals surface area (Å²) in [7, 11) is 1.25. The summed E-state index contributed by atoms with van der Waals surface area (Å²) in [6.07, 6.45) is 1.29. The Kier molecular flexibility index (Phi) is 6.62. The Balaban J connectivity index is 1.96. The number of methoxy groups -OCH3 is 1. The number of nitrogens with one attached hydrogen (secondary N) is 2. The first-order valence-corrected chi connectivity index (χ1v) is 9.52. The Bertz CT molecular complexity index is 1210. The topological polar surface area (TPSA) is 135 Å². The largest absolute Gasteiger partial charge is 0.494 e. The highest BCUT2D eigenvalue weighted by Crippen LogP contribution is 2.35. The van der Waals surface area contributed by atoms with Crippen LogP contribution < -0.4 is 15.4 Å². The number of anilines is 4. The van der Waals surface area contributed by atoms with Gasteiger partial charge in [-0.25, -0.2) is 18.7 Å². The summed E-state index contributed by atoms with van der Waals surface area (Å²) < 4.78 is 46.6. The molecular weight excluding hydrogens is 445 g/mol. The fourth-order valence-corrected chi connectivity index (χ4v) is 2.89. The minimum absolute atomic E-state index is 0.00480. The van der Waals surface area contributed by atoms with Crippen LogP contribution in [0.3, 0.4) is 0 Å². The lowest BCUT2D eigenvalue weighted by Gasteiger charge is -2.25. The Morgan fingerprint density at radius 3 is 2.24 bits per heavy atom. The number of aliphatic hydroxyl groups is 1.